The van der Waals surface area contributed by atoms with E-state index in [1.807, 2.05) is 12.1 Å². The van der Waals surface area contributed by atoms with Gasteiger partial charge in [-0.3, -0.25) is 9.59 Å². The third-order valence-electron chi connectivity index (χ3n) is 4.66. The van der Waals surface area contributed by atoms with Gasteiger partial charge in [-0.1, -0.05) is 63.2 Å². The first-order valence-electron chi connectivity index (χ1n) is 9.14. The Bertz CT molecular complexity index is 1090. The summed E-state index contributed by atoms with van der Waals surface area (Å²) in [7, 11) is 0. The number of H-pyrrole nitrogens is 1. The number of aromatic amines is 1. The number of esters is 1. The zero-order chi connectivity index (χ0) is 20.5. The predicted octanol–water partition coefficient (Wildman–Crippen LogP) is 4.25. The quantitative estimate of drug-likeness (QED) is 0.545. The van der Waals surface area contributed by atoms with Crippen molar-refractivity contribution in [3.8, 4) is 0 Å². The monoisotopic (exact) mass is 377 g/mol. The summed E-state index contributed by atoms with van der Waals surface area (Å²) in [4.78, 5) is 39.8. The van der Waals surface area contributed by atoms with Gasteiger partial charge in [0.05, 0.1) is 5.56 Å². The van der Waals surface area contributed by atoms with E-state index in [0.717, 1.165) is 5.56 Å². The molecule has 0 aliphatic rings. The molecule has 1 unspecified atom stereocenters. The van der Waals surface area contributed by atoms with Crippen molar-refractivity contribution < 1.29 is 14.3 Å². The van der Waals surface area contributed by atoms with E-state index in [4.69, 9.17) is 4.74 Å². The number of fused-ring (bicyclic) bond motifs is 1. The molecule has 0 aliphatic carbocycles. The largest absolute Gasteiger partial charge is 0.451 e. The lowest BCUT2D eigenvalue weighted by Gasteiger charge is -2.19. The van der Waals surface area contributed by atoms with Gasteiger partial charge >= 0.3 is 5.97 Å². The molecule has 0 saturated heterocycles. The molecule has 0 bridgehead atoms. The summed E-state index contributed by atoms with van der Waals surface area (Å²) in [6, 6.07) is 15.5. The van der Waals surface area contributed by atoms with E-state index in [1.165, 1.54) is 13.0 Å². The second-order valence-electron chi connectivity index (χ2n) is 7.83. The van der Waals surface area contributed by atoms with Gasteiger partial charge in [-0.05, 0) is 24.0 Å². The molecule has 0 saturated carbocycles. The molecule has 1 aromatic heterocycles. The van der Waals surface area contributed by atoms with Crippen LogP contribution in [0.25, 0.3) is 10.9 Å². The van der Waals surface area contributed by atoms with E-state index in [-0.39, 0.29) is 16.8 Å². The topological polar surface area (TPSA) is 76.2 Å². The van der Waals surface area contributed by atoms with Crippen molar-refractivity contribution in [2.24, 2.45) is 0 Å². The van der Waals surface area contributed by atoms with Crippen molar-refractivity contribution in [3.05, 3.63) is 81.6 Å². The summed E-state index contributed by atoms with van der Waals surface area (Å²) in [5.41, 5.74) is 1.86. The van der Waals surface area contributed by atoms with Crippen LogP contribution < -0.4 is 5.56 Å². The lowest BCUT2D eigenvalue weighted by Crippen LogP contribution is -2.25. The molecule has 144 valence electrons. The number of ether oxygens (including phenoxy) is 1. The highest BCUT2D eigenvalue weighted by Crippen LogP contribution is 2.23. The van der Waals surface area contributed by atoms with Gasteiger partial charge in [0.25, 0.3) is 0 Å². The van der Waals surface area contributed by atoms with E-state index in [0.29, 0.717) is 16.5 Å². The van der Waals surface area contributed by atoms with E-state index in [9.17, 15) is 14.4 Å². The van der Waals surface area contributed by atoms with Gasteiger partial charge in [0, 0.05) is 22.5 Å². The number of benzene rings is 2. The van der Waals surface area contributed by atoms with Gasteiger partial charge in [-0.2, -0.15) is 0 Å². The minimum absolute atomic E-state index is 0.0128. The smallest absolute Gasteiger partial charge is 0.339 e. The normalized spacial score (nSPS) is 12.6. The third kappa shape index (κ3) is 4.03. The molecule has 1 N–H and O–H groups in total. The maximum Gasteiger partial charge on any atom is 0.339 e. The molecule has 5 nitrogen and oxygen atoms in total. The number of carbonyl (C=O) groups is 2. The summed E-state index contributed by atoms with van der Waals surface area (Å²) in [5.74, 6) is -0.989. The molecule has 2 aromatic carbocycles. The molecule has 28 heavy (non-hydrogen) atoms. The van der Waals surface area contributed by atoms with Gasteiger partial charge < -0.3 is 9.72 Å². The minimum Gasteiger partial charge on any atom is -0.451 e. The highest BCUT2D eigenvalue weighted by Gasteiger charge is 2.23. The molecular weight excluding hydrogens is 354 g/mol. The number of para-hydroxylation sites is 1. The van der Waals surface area contributed by atoms with Crippen molar-refractivity contribution in [3.63, 3.8) is 0 Å². The third-order valence-corrected chi connectivity index (χ3v) is 4.66. The highest BCUT2D eigenvalue weighted by molar-refractivity contribution is 6.05. The second kappa shape index (κ2) is 7.43. The fourth-order valence-electron chi connectivity index (χ4n) is 3.02. The van der Waals surface area contributed by atoms with E-state index in [2.05, 4.69) is 25.8 Å². The van der Waals surface area contributed by atoms with Gasteiger partial charge in [-0.25, -0.2) is 4.79 Å². The fourth-order valence-corrected chi connectivity index (χ4v) is 3.02. The van der Waals surface area contributed by atoms with Crippen molar-refractivity contribution in [1.82, 2.24) is 4.98 Å². The van der Waals surface area contributed by atoms with Crippen LogP contribution in [0, 0.1) is 0 Å². The van der Waals surface area contributed by atoms with Crippen LogP contribution in [0.3, 0.4) is 0 Å². The summed E-state index contributed by atoms with van der Waals surface area (Å²) in [6.45, 7) is 7.83. The van der Waals surface area contributed by atoms with Crippen molar-refractivity contribution in [2.45, 2.75) is 39.2 Å². The minimum atomic E-state index is -0.967. The Morgan fingerprint density at radius 2 is 1.64 bits per heavy atom. The molecule has 0 aliphatic heterocycles. The summed E-state index contributed by atoms with van der Waals surface area (Å²) < 4.78 is 5.37. The average molecular weight is 377 g/mol. The lowest BCUT2D eigenvalue weighted by atomic mass is 9.86. The standard InChI is InChI=1S/C23H23NO4/c1-14(21(26)15-9-11-16(12-10-15)23(2,3)4)28-22(27)18-13-20(25)24-19-8-6-5-7-17(18)19/h5-14H,1-4H3,(H,24,25). The highest BCUT2D eigenvalue weighted by atomic mass is 16.5. The zero-order valence-corrected chi connectivity index (χ0v) is 16.4. The van der Waals surface area contributed by atoms with Crippen LogP contribution in [-0.2, 0) is 10.2 Å². The summed E-state index contributed by atoms with van der Waals surface area (Å²) >= 11 is 0. The Morgan fingerprint density at radius 1 is 1.00 bits per heavy atom. The van der Waals surface area contributed by atoms with Gasteiger partial charge in [-0.15, -0.1) is 0 Å². The molecule has 0 radical (unpaired) electrons. The first-order chi connectivity index (χ1) is 13.2. The maximum atomic E-state index is 12.7. The van der Waals surface area contributed by atoms with Crippen LogP contribution in [0.15, 0.2) is 59.4 Å². The van der Waals surface area contributed by atoms with E-state index >= 15 is 0 Å². The number of pyridine rings is 1. The average Bonchev–Trinajstić information content (AvgIpc) is 2.66. The Hall–Kier alpha value is -3.21. The second-order valence-corrected chi connectivity index (χ2v) is 7.83. The van der Waals surface area contributed by atoms with Crippen molar-refractivity contribution >= 4 is 22.7 Å². The van der Waals surface area contributed by atoms with Gasteiger partial charge in [0.1, 0.15) is 0 Å². The van der Waals surface area contributed by atoms with Crippen LogP contribution in [0.4, 0.5) is 0 Å². The predicted molar refractivity (Wildman–Crippen MR) is 109 cm³/mol. The Morgan fingerprint density at radius 3 is 2.29 bits per heavy atom. The van der Waals surface area contributed by atoms with Crippen LogP contribution in [0.1, 0.15) is 54.0 Å². The number of rotatable bonds is 4. The summed E-state index contributed by atoms with van der Waals surface area (Å²) in [5, 5.41) is 0.571. The Labute approximate surface area is 163 Å². The Balaban J connectivity index is 1.81. The van der Waals surface area contributed by atoms with Crippen LogP contribution in [-0.4, -0.2) is 22.8 Å². The maximum absolute atomic E-state index is 12.7. The van der Waals surface area contributed by atoms with Crippen LogP contribution in [0.5, 0.6) is 0 Å². The number of ketones is 1. The number of aromatic nitrogens is 1. The van der Waals surface area contributed by atoms with Gasteiger partial charge in [0.2, 0.25) is 11.3 Å². The van der Waals surface area contributed by atoms with E-state index < -0.39 is 17.6 Å². The van der Waals surface area contributed by atoms with Crippen molar-refractivity contribution in [1.29, 1.82) is 0 Å². The Kier molecular flexibility index (Phi) is 5.18. The lowest BCUT2D eigenvalue weighted by molar-refractivity contribution is 0.0320. The van der Waals surface area contributed by atoms with E-state index in [1.54, 1.807) is 36.4 Å². The number of Topliss-reactive ketones (excluding diaryl/α,β-unsaturated/α-hetero) is 1. The molecule has 1 atom stereocenters. The molecule has 1 heterocycles. The number of carbonyl (C=O) groups excluding carboxylic acids is 2. The summed E-state index contributed by atoms with van der Waals surface area (Å²) in [6.07, 6.45) is -0.967. The fraction of sp³-hybridized carbons (Fsp3) is 0.261. The number of nitrogens with one attached hydrogen (secondary N) is 1. The van der Waals surface area contributed by atoms with Crippen LogP contribution >= 0.6 is 0 Å². The molecule has 0 fully saturated rings. The number of hydrogen-bond acceptors (Lipinski definition) is 4. The molecule has 3 aromatic rings. The molecule has 0 spiro atoms. The number of hydrogen-bond donors (Lipinski definition) is 1. The SMILES string of the molecule is CC(OC(=O)c1cc(=O)[nH]c2ccccc12)C(=O)c1ccc(C(C)(C)C)cc1. The molecular formula is C23H23NO4. The molecule has 0 amide bonds. The molecule has 5 heteroatoms. The first kappa shape index (κ1) is 19.5. The van der Waals surface area contributed by atoms with Crippen LogP contribution in [0.2, 0.25) is 0 Å². The first-order valence-corrected chi connectivity index (χ1v) is 9.14. The van der Waals surface area contributed by atoms with Crippen molar-refractivity contribution in [2.75, 3.05) is 0 Å². The van der Waals surface area contributed by atoms with Gasteiger partial charge in [0.15, 0.2) is 6.10 Å². The molecule has 3 rings (SSSR count). The zero-order valence-electron chi connectivity index (χ0n) is 16.4.